The van der Waals surface area contributed by atoms with Gasteiger partial charge in [0.25, 0.3) is 0 Å². The minimum absolute atomic E-state index is 0.0182. The highest BCUT2D eigenvalue weighted by Gasteiger charge is 2.39. The van der Waals surface area contributed by atoms with Crippen molar-refractivity contribution in [2.45, 2.75) is 44.9 Å². The van der Waals surface area contributed by atoms with E-state index >= 15 is 0 Å². The molecule has 1 saturated heterocycles. The molecule has 4 heterocycles. The number of ketones is 1. The van der Waals surface area contributed by atoms with E-state index in [4.69, 9.17) is 9.47 Å². The Balaban J connectivity index is 1.22. The summed E-state index contributed by atoms with van der Waals surface area (Å²) in [6.45, 7) is 3.53. The Morgan fingerprint density at radius 3 is 2.68 bits per heavy atom. The summed E-state index contributed by atoms with van der Waals surface area (Å²) in [4.78, 5) is 49.3. The maximum absolute atomic E-state index is 14.8. The van der Waals surface area contributed by atoms with Crippen LogP contribution < -0.4 is 20.1 Å². The maximum Gasteiger partial charge on any atom is 0.245 e. The van der Waals surface area contributed by atoms with Gasteiger partial charge in [0.15, 0.2) is 17.3 Å². The van der Waals surface area contributed by atoms with E-state index in [1.54, 1.807) is 42.6 Å². The normalized spacial score (nSPS) is 19.7. The molecule has 1 unspecified atom stereocenters. The van der Waals surface area contributed by atoms with Crippen molar-refractivity contribution < 1.29 is 28.2 Å². The zero-order valence-corrected chi connectivity index (χ0v) is 24.7. The number of methoxy groups -OCH3 is 1. The minimum atomic E-state index is -1.26. The number of hydrogen-bond acceptors (Lipinski definition) is 9. The fourth-order valence-corrected chi connectivity index (χ4v) is 6.05. The number of Topliss-reactive ketones (excluding diaryl/α,β-unsaturated/α-hetero) is 1. The van der Waals surface area contributed by atoms with Crippen LogP contribution in [0.1, 0.15) is 52.1 Å². The second kappa shape index (κ2) is 12.0. The van der Waals surface area contributed by atoms with E-state index in [1.165, 1.54) is 24.0 Å². The summed E-state index contributed by atoms with van der Waals surface area (Å²) < 4.78 is 27.5. The van der Waals surface area contributed by atoms with Crippen LogP contribution in [0.15, 0.2) is 55.2 Å². The maximum atomic E-state index is 14.8. The van der Waals surface area contributed by atoms with Gasteiger partial charge in [-0.15, -0.1) is 0 Å². The summed E-state index contributed by atoms with van der Waals surface area (Å²) in [5.41, 5.74) is 4.05. The molecular weight excluding hydrogens is 567 g/mol. The van der Waals surface area contributed by atoms with Gasteiger partial charge in [-0.1, -0.05) is 6.07 Å². The standard InChI is InChI=1S/C32H33FN6O5/c1-18-8-24-26(6-7-44-31(24)29(9-18)43-3)37-32(42)28-10-20(33)14-38(28)16-30(41)39-15-25(19(2)40)23-11-21(4-5-27(23)39)36-22-12-34-17-35-13-22/h4-5,8-9,11-13,15,17,20,26,28,36H,6-7,10,14,16H2,1-3H3,(H,37,42)/t20-,26?,28+/m1/s1. The summed E-state index contributed by atoms with van der Waals surface area (Å²) in [7, 11) is 1.57. The largest absolute Gasteiger partial charge is 0.493 e. The van der Waals surface area contributed by atoms with Crippen molar-refractivity contribution in [3.63, 3.8) is 0 Å². The molecule has 3 atom stereocenters. The number of halogens is 1. The number of ether oxygens (including phenoxy) is 2. The van der Waals surface area contributed by atoms with Crippen molar-refractivity contribution in [2.24, 2.45) is 0 Å². The van der Waals surface area contributed by atoms with Crippen molar-refractivity contribution in [2.75, 3.05) is 32.1 Å². The van der Waals surface area contributed by atoms with E-state index in [0.717, 1.165) is 11.1 Å². The average molecular weight is 601 g/mol. The van der Waals surface area contributed by atoms with Gasteiger partial charge in [-0.05, 0) is 43.7 Å². The minimum Gasteiger partial charge on any atom is -0.493 e. The molecule has 0 bridgehead atoms. The molecule has 2 aliphatic rings. The van der Waals surface area contributed by atoms with Gasteiger partial charge in [0.05, 0.1) is 55.9 Å². The number of benzene rings is 2. The van der Waals surface area contributed by atoms with Gasteiger partial charge < -0.3 is 20.1 Å². The van der Waals surface area contributed by atoms with Gasteiger partial charge in [-0.3, -0.25) is 23.9 Å². The molecule has 1 fully saturated rings. The third-order valence-corrected chi connectivity index (χ3v) is 8.09. The smallest absolute Gasteiger partial charge is 0.245 e. The number of amides is 1. The monoisotopic (exact) mass is 600 g/mol. The highest BCUT2D eigenvalue weighted by atomic mass is 19.1. The molecule has 6 rings (SSSR count). The summed E-state index contributed by atoms with van der Waals surface area (Å²) in [6, 6.07) is 7.98. The number of aromatic nitrogens is 3. The van der Waals surface area contributed by atoms with Crippen molar-refractivity contribution in [1.82, 2.24) is 24.8 Å². The number of nitrogens with zero attached hydrogens (tertiary/aromatic N) is 4. The summed E-state index contributed by atoms with van der Waals surface area (Å²) >= 11 is 0. The molecule has 11 nitrogen and oxygen atoms in total. The summed E-state index contributed by atoms with van der Waals surface area (Å²) in [5, 5.41) is 6.86. The Hall–Kier alpha value is -4.84. The van der Waals surface area contributed by atoms with Gasteiger partial charge in [0, 0.05) is 47.8 Å². The van der Waals surface area contributed by atoms with Gasteiger partial charge >= 0.3 is 0 Å². The second-order valence-electron chi connectivity index (χ2n) is 11.2. The predicted octanol–water partition coefficient (Wildman–Crippen LogP) is 4.39. The van der Waals surface area contributed by atoms with Crippen LogP contribution in [0.4, 0.5) is 15.8 Å². The Bertz CT molecular complexity index is 1740. The Morgan fingerprint density at radius 1 is 1.14 bits per heavy atom. The number of aryl methyl sites for hydroxylation is 1. The van der Waals surface area contributed by atoms with Crippen molar-refractivity contribution in [1.29, 1.82) is 0 Å². The first-order chi connectivity index (χ1) is 21.2. The van der Waals surface area contributed by atoms with Gasteiger partial charge in [-0.25, -0.2) is 14.4 Å². The molecule has 0 aliphatic carbocycles. The molecule has 1 amide bonds. The van der Waals surface area contributed by atoms with Crippen LogP contribution in [0.3, 0.4) is 0 Å². The number of hydrogen-bond donors (Lipinski definition) is 2. The van der Waals surface area contributed by atoms with Crippen LogP contribution in [0.25, 0.3) is 10.9 Å². The van der Waals surface area contributed by atoms with Crippen LogP contribution in [0.5, 0.6) is 11.5 Å². The Kier molecular flexibility index (Phi) is 8.00. The second-order valence-corrected chi connectivity index (χ2v) is 11.2. The third kappa shape index (κ3) is 5.72. The lowest BCUT2D eigenvalue weighted by Crippen LogP contribution is -2.47. The van der Waals surface area contributed by atoms with Crippen LogP contribution in [-0.2, 0) is 4.79 Å². The number of nitrogens with one attached hydrogen (secondary N) is 2. The lowest BCUT2D eigenvalue weighted by Gasteiger charge is -2.30. The SMILES string of the molecule is COc1cc(C)cc2c1OCCC2NC(=O)[C@@H]1C[C@@H](F)CN1CC(=O)n1cc(C(C)=O)c2cc(Nc3cncnc3)ccc21. The highest BCUT2D eigenvalue weighted by Crippen LogP contribution is 2.40. The van der Waals surface area contributed by atoms with E-state index in [9.17, 15) is 18.8 Å². The van der Waals surface area contributed by atoms with Gasteiger partial charge in [0.2, 0.25) is 11.8 Å². The van der Waals surface area contributed by atoms with Gasteiger partial charge in [-0.2, -0.15) is 0 Å². The highest BCUT2D eigenvalue weighted by molar-refractivity contribution is 6.10. The first-order valence-corrected chi connectivity index (χ1v) is 14.4. The quantitative estimate of drug-likeness (QED) is 0.283. The van der Waals surface area contributed by atoms with Crippen LogP contribution in [-0.4, -0.2) is 76.1 Å². The van der Waals surface area contributed by atoms with Crippen LogP contribution >= 0.6 is 0 Å². The zero-order chi connectivity index (χ0) is 31.0. The molecule has 2 N–H and O–H groups in total. The molecular formula is C32H33FN6O5. The molecule has 44 heavy (non-hydrogen) atoms. The van der Waals surface area contributed by atoms with Crippen molar-refractivity contribution in [3.8, 4) is 11.5 Å². The Morgan fingerprint density at radius 2 is 1.93 bits per heavy atom. The topological polar surface area (TPSA) is 128 Å². The Labute approximate surface area is 253 Å². The molecule has 2 aliphatic heterocycles. The lowest BCUT2D eigenvalue weighted by atomic mass is 9.97. The molecule has 2 aromatic carbocycles. The van der Waals surface area contributed by atoms with E-state index in [0.29, 0.717) is 52.4 Å². The average Bonchev–Trinajstić information content (AvgIpc) is 3.57. The lowest BCUT2D eigenvalue weighted by molar-refractivity contribution is -0.126. The molecule has 2 aromatic heterocycles. The predicted molar refractivity (Wildman–Crippen MR) is 161 cm³/mol. The van der Waals surface area contributed by atoms with Crippen molar-refractivity contribution >= 4 is 39.9 Å². The first-order valence-electron chi connectivity index (χ1n) is 14.4. The fourth-order valence-electron chi connectivity index (χ4n) is 6.05. The molecule has 0 radical (unpaired) electrons. The number of alkyl halides is 1. The number of carbonyl (C=O) groups is 3. The summed E-state index contributed by atoms with van der Waals surface area (Å²) in [6.07, 6.45) is 5.46. The number of anilines is 2. The molecule has 4 aromatic rings. The molecule has 0 spiro atoms. The number of carbonyl (C=O) groups excluding carboxylic acids is 3. The number of likely N-dealkylation sites (tertiary alicyclic amines) is 1. The summed E-state index contributed by atoms with van der Waals surface area (Å²) in [5.74, 6) is 0.263. The van der Waals surface area contributed by atoms with Crippen molar-refractivity contribution in [3.05, 3.63) is 71.9 Å². The van der Waals surface area contributed by atoms with Crippen LogP contribution in [0, 0.1) is 6.92 Å². The number of fused-ring (bicyclic) bond motifs is 2. The van der Waals surface area contributed by atoms with E-state index < -0.39 is 12.2 Å². The third-order valence-electron chi connectivity index (χ3n) is 8.09. The fraction of sp³-hybridized carbons (Fsp3) is 0.344. The zero-order valence-electron chi connectivity index (χ0n) is 24.7. The molecule has 228 valence electrons. The number of rotatable bonds is 8. The molecule has 0 saturated carbocycles. The van der Waals surface area contributed by atoms with Gasteiger partial charge in [0.1, 0.15) is 12.5 Å². The van der Waals surface area contributed by atoms with E-state index in [-0.39, 0.29) is 43.1 Å². The van der Waals surface area contributed by atoms with E-state index in [2.05, 4.69) is 20.6 Å². The first kappa shape index (κ1) is 29.2. The van der Waals surface area contributed by atoms with E-state index in [1.807, 2.05) is 19.1 Å². The van der Waals surface area contributed by atoms with Crippen LogP contribution in [0.2, 0.25) is 0 Å². The molecule has 12 heteroatoms.